The van der Waals surface area contributed by atoms with Crippen molar-refractivity contribution in [2.75, 3.05) is 6.54 Å². The standard InChI is InChI=1S/C14H21NO2/c1-2-10-11-4-3-5-13(17)15-7-6-9(14(11)15)8-12(10)16/h9-11,14H,2-8H2,1H3/t9-,10-,11+,14-/m1/s1. The Balaban J connectivity index is 1.94. The predicted octanol–water partition coefficient (Wildman–Crippen LogP) is 2.00. The first-order valence-electron chi connectivity index (χ1n) is 7.04. The van der Waals surface area contributed by atoms with E-state index >= 15 is 0 Å². The monoisotopic (exact) mass is 235 g/mol. The molecular formula is C14H21NO2. The van der Waals surface area contributed by atoms with Gasteiger partial charge >= 0.3 is 0 Å². The molecule has 3 nitrogen and oxygen atoms in total. The van der Waals surface area contributed by atoms with Crippen molar-refractivity contribution in [2.45, 2.75) is 51.5 Å². The fourth-order valence-corrected chi connectivity index (χ4v) is 4.40. The quantitative estimate of drug-likeness (QED) is 0.697. The number of Topliss-reactive ketones (excluding diaryl/α,β-unsaturated/α-hetero) is 1. The summed E-state index contributed by atoms with van der Waals surface area (Å²) in [5, 5.41) is 0. The lowest BCUT2D eigenvalue weighted by Crippen LogP contribution is -2.48. The summed E-state index contributed by atoms with van der Waals surface area (Å²) in [6.07, 6.45) is 5.48. The summed E-state index contributed by atoms with van der Waals surface area (Å²) in [6, 6.07) is 0.396. The molecule has 3 fully saturated rings. The Kier molecular flexibility index (Phi) is 2.72. The van der Waals surface area contributed by atoms with Crippen molar-refractivity contribution >= 4 is 11.7 Å². The summed E-state index contributed by atoms with van der Waals surface area (Å²) in [4.78, 5) is 26.3. The van der Waals surface area contributed by atoms with Gasteiger partial charge in [-0.15, -0.1) is 0 Å². The summed E-state index contributed by atoms with van der Waals surface area (Å²) in [5.74, 6) is 1.96. The van der Waals surface area contributed by atoms with Crippen molar-refractivity contribution in [3.8, 4) is 0 Å². The number of amides is 1. The zero-order chi connectivity index (χ0) is 12.0. The Bertz CT molecular complexity index is 352. The number of ketones is 1. The molecule has 3 heteroatoms. The van der Waals surface area contributed by atoms with Gasteiger partial charge in [0, 0.05) is 31.3 Å². The molecule has 0 aromatic carbocycles. The van der Waals surface area contributed by atoms with E-state index < -0.39 is 0 Å². The molecule has 3 aliphatic rings. The summed E-state index contributed by atoms with van der Waals surface area (Å²) >= 11 is 0. The SMILES string of the molecule is CC[C@H]1C(=O)C[C@H]2CCN3C(=O)CCC[C@@H]1[C@@H]23. The van der Waals surface area contributed by atoms with Gasteiger partial charge in [-0.1, -0.05) is 6.92 Å². The zero-order valence-electron chi connectivity index (χ0n) is 10.5. The number of carbonyl (C=O) groups excluding carboxylic acids is 2. The van der Waals surface area contributed by atoms with E-state index in [1.807, 2.05) is 0 Å². The third-order valence-electron chi connectivity index (χ3n) is 5.10. The molecule has 0 spiro atoms. The molecule has 0 radical (unpaired) electrons. The molecule has 2 saturated heterocycles. The smallest absolute Gasteiger partial charge is 0.222 e. The zero-order valence-corrected chi connectivity index (χ0v) is 10.5. The lowest BCUT2D eigenvalue weighted by atomic mass is 9.68. The normalized spacial score (nSPS) is 41.4. The highest BCUT2D eigenvalue weighted by molar-refractivity contribution is 5.84. The van der Waals surface area contributed by atoms with Crippen LogP contribution in [0.15, 0.2) is 0 Å². The van der Waals surface area contributed by atoms with Crippen LogP contribution < -0.4 is 0 Å². The van der Waals surface area contributed by atoms with E-state index in [0.717, 1.165) is 38.6 Å². The van der Waals surface area contributed by atoms with Crippen molar-refractivity contribution in [2.24, 2.45) is 17.8 Å². The van der Waals surface area contributed by atoms with Crippen LogP contribution in [0.5, 0.6) is 0 Å². The van der Waals surface area contributed by atoms with E-state index in [4.69, 9.17) is 0 Å². The van der Waals surface area contributed by atoms with Crippen LogP contribution in [0, 0.1) is 17.8 Å². The second-order valence-electron chi connectivity index (χ2n) is 5.87. The first-order chi connectivity index (χ1) is 8.22. The second-order valence-corrected chi connectivity index (χ2v) is 5.87. The van der Waals surface area contributed by atoms with Gasteiger partial charge in [0.1, 0.15) is 5.78 Å². The molecule has 1 saturated carbocycles. The molecular weight excluding hydrogens is 214 g/mol. The minimum atomic E-state index is 0.225. The number of nitrogens with zero attached hydrogens (tertiary/aromatic N) is 1. The Morgan fingerprint density at radius 1 is 1.29 bits per heavy atom. The van der Waals surface area contributed by atoms with Crippen LogP contribution in [0.25, 0.3) is 0 Å². The first kappa shape index (κ1) is 11.2. The molecule has 0 bridgehead atoms. The van der Waals surface area contributed by atoms with Crippen molar-refractivity contribution in [1.82, 2.24) is 4.90 Å². The Hall–Kier alpha value is -0.860. The maximum Gasteiger partial charge on any atom is 0.222 e. The van der Waals surface area contributed by atoms with E-state index in [1.54, 1.807) is 0 Å². The Labute approximate surface area is 103 Å². The average molecular weight is 235 g/mol. The maximum absolute atomic E-state index is 12.2. The van der Waals surface area contributed by atoms with Gasteiger partial charge in [0.2, 0.25) is 5.91 Å². The fourth-order valence-electron chi connectivity index (χ4n) is 4.40. The average Bonchev–Trinajstić information content (AvgIpc) is 2.64. The topological polar surface area (TPSA) is 37.4 Å². The summed E-state index contributed by atoms with van der Waals surface area (Å²) in [5.41, 5.74) is 0. The summed E-state index contributed by atoms with van der Waals surface area (Å²) in [6.45, 7) is 3.02. The Morgan fingerprint density at radius 3 is 2.88 bits per heavy atom. The van der Waals surface area contributed by atoms with Gasteiger partial charge in [-0.25, -0.2) is 0 Å². The first-order valence-corrected chi connectivity index (χ1v) is 7.04. The van der Waals surface area contributed by atoms with Crippen LogP contribution in [-0.2, 0) is 9.59 Å². The second kappa shape index (κ2) is 4.11. The van der Waals surface area contributed by atoms with E-state index in [0.29, 0.717) is 36.0 Å². The van der Waals surface area contributed by atoms with Gasteiger partial charge in [0.25, 0.3) is 0 Å². The number of carbonyl (C=O) groups is 2. The minimum Gasteiger partial charge on any atom is -0.339 e. The van der Waals surface area contributed by atoms with E-state index in [9.17, 15) is 9.59 Å². The van der Waals surface area contributed by atoms with Crippen LogP contribution in [0.3, 0.4) is 0 Å². The van der Waals surface area contributed by atoms with Gasteiger partial charge in [0.15, 0.2) is 0 Å². The molecule has 94 valence electrons. The molecule has 1 amide bonds. The van der Waals surface area contributed by atoms with Gasteiger partial charge in [0.05, 0.1) is 0 Å². The van der Waals surface area contributed by atoms with Crippen molar-refractivity contribution in [3.05, 3.63) is 0 Å². The molecule has 1 aliphatic carbocycles. The third-order valence-corrected chi connectivity index (χ3v) is 5.10. The number of hydrogen-bond donors (Lipinski definition) is 0. The highest BCUT2D eigenvalue weighted by Crippen LogP contribution is 2.45. The van der Waals surface area contributed by atoms with Crippen molar-refractivity contribution in [1.29, 1.82) is 0 Å². The fraction of sp³-hybridized carbons (Fsp3) is 0.857. The van der Waals surface area contributed by atoms with E-state index in [2.05, 4.69) is 11.8 Å². The molecule has 0 aromatic heterocycles. The predicted molar refractivity (Wildman–Crippen MR) is 64.4 cm³/mol. The van der Waals surface area contributed by atoms with Gasteiger partial charge < -0.3 is 4.90 Å². The van der Waals surface area contributed by atoms with Crippen molar-refractivity contribution < 1.29 is 9.59 Å². The molecule has 0 unspecified atom stereocenters. The van der Waals surface area contributed by atoms with Crippen LogP contribution in [-0.4, -0.2) is 29.2 Å². The minimum absolute atomic E-state index is 0.225. The largest absolute Gasteiger partial charge is 0.339 e. The maximum atomic E-state index is 12.2. The highest BCUT2D eigenvalue weighted by atomic mass is 16.2. The molecule has 3 rings (SSSR count). The third kappa shape index (κ3) is 1.62. The highest BCUT2D eigenvalue weighted by Gasteiger charge is 2.50. The molecule has 0 aromatic rings. The Morgan fingerprint density at radius 2 is 2.12 bits per heavy atom. The lowest BCUT2D eigenvalue weighted by molar-refractivity contribution is -0.137. The number of rotatable bonds is 1. The molecule has 2 heterocycles. The molecule has 4 atom stereocenters. The van der Waals surface area contributed by atoms with E-state index in [1.165, 1.54) is 0 Å². The molecule has 17 heavy (non-hydrogen) atoms. The molecule has 0 N–H and O–H groups in total. The van der Waals surface area contributed by atoms with Gasteiger partial charge in [-0.05, 0) is 37.5 Å². The van der Waals surface area contributed by atoms with Gasteiger partial charge in [-0.2, -0.15) is 0 Å². The van der Waals surface area contributed by atoms with Crippen LogP contribution in [0.2, 0.25) is 0 Å². The lowest BCUT2D eigenvalue weighted by Gasteiger charge is -2.41. The van der Waals surface area contributed by atoms with Crippen LogP contribution >= 0.6 is 0 Å². The number of hydrogen-bond acceptors (Lipinski definition) is 2. The summed E-state index contributed by atoms with van der Waals surface area (Å²) < 4.78 is 0. The molecule has 2 aliphatic heterocycles. The summed E-state index contributed by atoms with van der Waals surface area (Å²) in [7, 11) is 0. The van der Waals surface area contributed by atoms with Gasteiger partial charge in [-0.3, -0.25) is 9.59 Å². The van der Waals surface area contributed by atoms with E-state index in [-0.39, 0.29) is 5.92 Å². The van der Waals surface area contributed by atoms with Crippen molar-refractivity contribution in [3.63, 3.8) is 0 Å². The van der Waals surface area contributed by atoms with Crippen LogP contribution in [0.1, 0.15) is 45.4 Å². The van der Waals surface area contributed by atoms with Crippen LogP contribution in [0.4, 0.5) is 0 Å².